The summed E-state index contributed by atoms with van der Waals surface area (Å²) < 4.78 is 1.91. The van der Waals surface area contributed by atoms with Gasteiger partial charge in [-0.25, -0.2) is 0 Å². The van der Waals surface area contributed by atoms with Crippen molar-refractivity contribution in [3.63, 3.8) is 0 Å². The number of hydrogen-bond donors (Lipinski definition) is 1. The molecule has 0 aromatic carbocycles. The highest BCUT2D eigenvalue weighted by Gasteiger charge is 2.30. The maximum absolute atomic E-state index is 10.3. The van der Waals surface area contributed by atoms with Crippen LogP contribution in [0.4, 0.5) is 0 Å². The minimum absolute atomic E-state index is 0.257. The maximum Gasteiger partial charge on any atom is 0.0708 e. The number of aliphatic hydroxyl groups excluding tert-OH is 1. The highest BCUT2D eigenvalue weighted by atomic mass is 32.2. The van der Waals surface area contributed by atoms with Gasteiger partial charge in [0.1, 0.15) is 0 Å². The lowest BCUT2D eigenvalue weighted by Gasteiger charge is -2.33. The van der Waals surface area contributed by atoms with Gasteiger partial charge in [0.05, 0.1) is 12.3 Å². The van der Waals surface area contributed by atoms with Gasteiger partial charge in [-0.1, -0.05) is 13.8 Å². The minimum Gasteiger partial charge on any atom is -0.392 e. The molecule has 3 nitrogen and oxygen atoms in total. The quantitative estimate of drug-likeness (QED) is 0.922. The highest BCUT2D eigenvalue weighted by molar-refractivity contribution is 8.07. The van der Waals surface area contributed by atoms with Crippen LogP contribution < -0.4 is 0 Å². The van der Waals surface area contributed by atoms with Gasteiger partial charge < -0.3 is 5.11 Å². The van der Waals surface area contributed by atoms with E-state index < -0.39 is 0 Å². The third-order valence-electron chi connectivity index (χ3n) is 3.46. The molecule has 2 heterocycles. The fourth-order valence-electron chi connectivity index (χ4n) is 2.07. The van der Waals surface area contributed by atoms with E-state index in [1.54, 1.807) is 0 Å². The molecule has 1 N–H and O–H groups in total. The van der Waals surface area contributed by atoms with Gasteiger partial charge in [-0.3, -0.25) is 4.68 Å². The largest absolute Gasteiger partial charge is 0.392 e. The molecule has 1 aliphatic heterocycles. The first-order chi connectivity index (χ1) is 8.60. The first-order valence-electron chi connectivity index (χ1n) is 6.56. The zero-order valence-corrected chi connectivity index (χ0v) is 12.9. The molecular formula is C13H22N2OS2. The zero-order valence-electron chi connectivity index (χ0n) is 11.2. The van der Waals surface area contributed by atoms with Crippen LogP contribution in [0.3, 0.4) is 0 Å². The fourth-order valence-corrected chi connectivity index (χ4v) is 5.08. The Labute approximate surface area is 118 Å². The van der Waals surface area contributed by atoms with Crippen LogP contribution in [0.1, 0.15) is 26.3 Å². The van der Waals surface area contributed by atoms with Crippen molar-refractivity contribution in [2.24, 2.45) is 0 Å². The van der Waals surface area contributed by atoms with Crippen molar-refractivity contribution in [3.05, 3.63) is 18.0 Å². The predicted molar refractivity (Wildman–Crippen MR) is 80.4 cm³/mol. The number of rotatable bonds is 4. The van der Waals surface area contributed by atoms with Gasteiger partial charge in [-0.05, 0) is 12.5 Å². The average molecular weight is 286 g/mol. The van der Waals surface area contributed by atoms with Crippen molar-refractivity contribution in [1.29, 1.82) is 0 Å². The molecule has 1 aromatic rings. The molecule has 1 saturated heterocycles. The Morgan fingerprint density at radius 3 is 2.89 bits per heavy atom. The molecule has 0 radical (unpaired) electrons. The Morgan fingerprint density at radius 2 is 2.28 bits per heavy atom. The Kier molecular flexibility index (Phi) is 5.04. The molecule has 0 aliphatic carbocycles. The summed E-state index contributed by atoms with van der Waals surface area (Å²) in [7, 11) is 0. The average Bonchev–Trinajstić information content (AvgIpc) is 2.80. The smallest absolute Gasteiger partial charge is 0.0708 e. The van der Waals surface area contributed by atoms with Crippen LogP contribution in [0, 0.1) is 0 Å². The summed E-state index contributed by atoms with van der Waals surface area (Å²) in [6, 6.07) is 0. The molecule has 0 saturated carbocycles. The van der Waals surface area contributed by atoms with Crippen molar-refractivity contribution >= 4 is 23.5 Å². The third-order valence-corrected chi connectivity index (χ3v) is 7.00. The number of nitrogens with zero attached hydrogens (tertiary/aromatic N) is 2. The van der Waals surface area contributed by atoms with Gasteiger partial charge in [0.25, 0.3) is 0 Å². The van der Waals surface area contributed by atoms with Crippen LogP contribution in [0.15, 0.2) is 12.4 Å². The number of aliphatic hydroxyl groups is 1. The van der Waals surface area contributed by atoms with E-state index in [-0.39, 0.29) is 6.10 Å². The second kappa shape index (κ2) is 6.35. The summed E-state index contributed by atoms with van der Waals surface area (Å²) in [6.07, 6.45) is 4.38. The summed E-state index contributed by atoms with van der Waals surface area (Å²) in [5.41, 5.74) is 1.14. The monoisotopic (exact) mass is 286 g/mol. The van der Waals surface area contributed by atoms with Gasteiger partial charge in [-0.15, -0.1) is 0 Å². The predicted octanol–water partition coefficient (Wildman–Crippen LogP) is 2.43. The summed E-state index contributed by atoms with van der Waals surface area (Å²) in [4.78, 5) is 0. The summed E-state index contributed by atoms with van der Waals surface area (Å²) in [5, 5.41) is 16.3. The van der Waals surface area contributed by atoms with E-state index in [1.165, 1.54) is 0 Å². The lowest BCUT2D eigenvalue weighted by atomic mass is 10.1. The first-order valence-corrected chi connectivity index (χ1v) is 8.55. The molecular weight excluding hydrogens is 264 g/mol. The van der Waals surface area contributed by atoms with Crippen molar-refractivity contribution in [2.75, 3.05) is 5.75 Å². The molecule has 0 amide bonds. The summed E-state index contributed by atoms with van der Waals surface area (Å²) in [6.45, 7) is 7.50. The summed E-state index contributed by atoms with van der Waals surface area (Å²) >= 11 is 3.92. The van der Waals surface area contributed by atoms with Crippen molar-refractivity contribution < 1.29 is 5.11 Å². The molecule has 1 aliphatic rings. The molecule has 102 valence electrons. The number of hydrogen-bond acceptors (Lipinski definition) is 4. The van der Waals surface area contributed by atoms with E-state index in [9.17, 15) is 5.11 Å². The molecule has 2 rings (SSSR count). The lowest BCUT2D eigenvalue weighted by molar-refractivity contribution is 0.177. The van der Waals surface area contributed by atoms with Crippen LogP contribution in [-0.4, -0.2) is 42.5 Å². The Bertz CT molecular complexity index is 383. The standard InChI is InChI=1S/C13H22N2OS2/c1-4-15-7-11(6-14-15)5-12(16)13-8-17-9(2)10(3)18-13/h6-7,9-10,12-13,16H,4-5,8H2,1-3H3. The van der Waals surface area contributed by atoms with Gasteiger partial charge in [0.2, 0.25) is 0 Å². The Balaban J connectivity index is 1.89. The van der Waals surface area contributed by atoms with Gasteiger partial charge in [-0.2, -0.15) is 28.6 Å². The molecule has 0 spiro atoms. The fraction of sp³-hybridized carbons (Fsp3) is 0.769. The maximum atomic E-state index is 10.3. The SMILES string of the molecule is CCn1cc(CC(O)C2CSC(C)C(C)S2)cn1. The molecule has 1 fully saturated rings. The van der Waals surface area contributed by atoms with E-state index >= 15 is 0 Å². The zero-order chi connectivity index (χ0) is 13.1. The molecule has 0 bridgehead atoms. The van der Waals surface area contributed by atoms with E-state index in [0.29, 0.717) is 15.7 Å². The second-order valence-corrected chi connectivity index (χ2v) is 7.93. The van der Waals surface area contributed by atoms with Crippen LogP contribution in [0.5, 0.6) is 0 Å². The molecule has 4 unspecified atom stereocenters. The van der Waals surface area contributed by atoms with E-state index in [1.807, 2.05) is 40.6 Å². The highest BCUT2D eigenvalue weighted by Crippen LogP contribution is 2.37. The number of aryl methyl sites for hydroxylation is 1. The van der Waals surface area contributed by atoms with Gasteiger partial charge >= 0.3 is 0 Å². The van der Waals surface area contributed by atoms with Crippen molar-refractivity contribution in [3.8, 4) is 0 Å². The minimum atomic E-state index is -0.257. The molecule has 18 heavy (non-hydrogen) atoms. The Hall–Kier alpha value is -0.130. The van der Waals surface area contributed by atoms with Crippen LogP contribution in [0.25, 0.3) is 0 Å². The van der Waals surface area contributed by atoms with Gasteiger partial charge in [0, 0.05) is 40.7 Å². The van der Waals surface area contributed by atoms with Gasteiger partial charge in [0.15, 0.2) is 0 Å². The number of aromatic nitrogens is 2. The molecule has 1 aromatic heterocycles. The van der Waals surface area contributed by atoms with Crippen LogP contribution in [-0.2, 0) is 13.0 Å². The molecule has 5 heteroatoms. The normalized spacial score (nSPS) is 30.3. The lowest BCUT2D eigenvalue weighted by Crippen LogP contribution is -2.35. The van der Waals surface area contributed by atoms with Crippen LogP contribution >= 0.6 is 23.5 Å². The number of thioether (sulfide) groups is 2. The van der Waals surface area contributed by atoms with E-state index in [2.05, 4.69) is 25.9 Å². The van der Waals surface area contributed by atoms with Crippen molar-refractivity contribution in [2.45, 2.75) is 55.6 Å². The van der Waals surface area contributed by atoms with E-state index in [4.69, 9.17) is 0 Å². The van der Waals surface area contributed by atoms with Crippen molar-refractivity contribution in [1.82, 2.24) is 9.78 Å². The van der Waals surface area contributed by atoms with Crippen LogP contribution in [0.2, 0.25) is 0 Å². The topological polar surface area (TPSA) is 38.0 Å². The second-order valence-electron chi connectivity index (χ2n) is 4.89. The third kappa shape index (κ3) is 3.45. The van der Waals surface area contributed by atoms with E-state index in [0.717, 1.165) is 24.3 Å². The Morgan fingerprint density at radius 1 is 1.50 bits per heavy atom. The molecule has 4 atom stereocenters. The summed E-state index contributed by atoms with van der Waals surface area (Å²) in [5.74, 6) is 1.05. The first kappa shape index (κ1) is 14.3.